The van der Waals surface area contributed by atoms with E-state index in [0.29, 0.717) is 33.7 Å². The number of oxazole rings is 1. The van der Waals surface area contributed by atoms with Gasteiger partial charge in [-0.15, -0.1) is 0 Å². The number of carbonyl (C=O) groups excluding carboxylic acids is 1. The van der Waals surface area contributed by atoms with Gasteiger partial charge in [0.15, 0.2) is 5.69 Å². The molecule has 0 aliphatic rings. The first-order valence-electron chi connectivity index (χ1n) is 7.27. The molecule has 4 nitrogen and oxygen atoms in total. The van der Waals surface area contributed by atoms with Crippen LogP contribution < -0.4 is 0 Å². The fraction of sp³-hybridized carbons (Fsp3) is 0.375. The number of carbonyl (C=O) groups is 1. The maximum absolute atomic E-state index is 12.4. The molecule has 0 aliphatic carbocycles. The van der Waals surface area contributed by atoms with Gasteiger partial charge in [0.05, 0.1) is 10.0 Å². The Labute approximate surface area is 140 Å². The highest BCUT2D eigenvalue weighted by Gasteiger charge is 2.19. The van der Waals surface area contributed by atoms with Crippen LogP contribution in [-0.4, -0.2) is 28.9 Å². The second-order valence-corrected chi connectivity index (χ2v) is 5.72. The van der Waals surface area contributed by atoms with E-state index in [2.05, 4.69) is 11.9 Å². The minimum atomic E-state index is -0.119. The zero-order chi connectivity index (χ0) is 16.1. The van der Waals surface area contributed by atoms with Crippen LogP contribution in [0.1, 0.15) is 37.2 Å². The normalized spacial score (nSPS) is 10.7. The van der Waals surface area contributed by atoms with E-state index >= 15 is 0 Å². The van der Waals surface area contributed by atoms with Crippen LogP contribution in [0, 0.1) is 0 Å². The first kappa shape index (κ1) is 16.8. The lowest BCUT2D eigenvalue weighted by atomic mass is 10.2. The van der Waals surface area contributed by atoms with E-state index in [1.807, 2.05) is 6.92 Å². The van der Waals surface area contributed by atoms with Gasteiger partial charge >= 0.3 is 0 Å². The van der Waals surface area contributed by atoms with Crippen LogP contribution in [0.25, 0.3) is 11.5 Å². The smallest absolute Gasteiger partial charge is 0.275 e. The Kier molecular flexibility index (Phi) is 5.86. The van der Waals surface area contributed by atoms with Crippen LogP contribution in [0.3, 0.4) is 0 Å². The lowest BCUT2D eigenvalue weighted by Crippen LogP contribution is -2.31. The van der Waals surface area contributed by atoms with Gasteiger partial charge in [0, 0.05) is 18.7 Å². The number of aromatic nitrogens is 1. The third kappa shape index (κ3) is 3.81. The second kappa shape index (κ2) is 7.65. The standard InChI is InChI=1S/C16H18Cl2N2O2/c1-3-5-8-20(4-2)16(21)14-10-22-15(19-14)11-6-7-12(17)13(18)9-11/h6-7,9-10H,3-5,8H2,1-2H3. The van der Waals surface area contributed by atoms with Gasteiger partial charge in [0.25, 0.3) is 5.91 Å². The molecule has 0 saturated carbocycles. The van der Waals surface area contributed by atoms with Gasteiger partial charge in [-0.3, -0.25) is 4.79 Å². The third-order valence-electron chi connectivity index (χ3n) is 3.34. The maximum atomic E-state index is 12.4. The summed E-state index contributed by atoms with van der Waals surface area (Å²) in [5.74, 6) is 0.236. The number of benzene rings is 1. The topological polar surface area (TPSA) is 46.3 Å². The van der Waals surface area contributed by atoms with Crippen molar-refractivity contribution < 1.29 is 9.21 Å². The van der Waals surface area contributed by atoms with Crippen molar-refractivity contribution in [1.29, 1.82) is 0 Å². The second-order valence-electron chi connectivity index (χ2n) is 4.91. The number of amides is 1. The summed E-state index contributed by atoms with van der Waals surface area (Å²) in [7, 11) is 0. The van der Waals surface area contributed by atoms with Crippen molar-refractivity contribution >= 4 is 29.1 Å². The van der Waals surface area contributed by atoms with E-state index in [9.17, 15) is 4.79 Å². The lowest BCUT2D eigenvalue weighted by molar-refractivity contribution is 0.0756. The summed E-state index contributed by atoms with van der Waals surface area (Å²) < 4.78 is 5.41. The average molecular weight is 341 g/mol. The molecule has 6 heteroatoms. The van der Waals surface area contributed by atoms with Crippen molar-refractivity contribution in [2.45, 2.75) is 26.7 Å². The van der Waals surface area contributed by atoms with Gasteiger partial charge in [-0.1, -0.05) is 36.5 Å². The Morgan fingerprint density at radius 2 is 2.05 bits per heavy atom. The van der Waals surface area contributed by atoms with Gasteiger partial charge in [0.2, 0.25) is 5.89 Å². The first-order chi connectivity index (χ1) is 10.6. The fourth-order valence-electron chi connectivity index (χ4n) is 2.05. The highest BCUT2D eigenvalue weighted by molar-refractivity contribution is 6.42. The molecule has 0 aliphatic heterocycles. The molecule has 22 heavy (non-hydrogen) atoms. The van der Waals surface area contributed by atoms with Crippen molar-refractivity contribution in [1.82, 2.24) is 9.88 Å². The molecular formula is C16H18Cl2N2O2. The maximum Gasteiger partial charge on any atom is 0.275 e. The van der Waals surface area contributed by atoms with Crippen LogP contribution >= 0.6 is 23.2 Å². The number of unbranched alkanes of at least 4 members (excludes halogenated alkanes) is 1. The summed E-state index contributed by atoms with van der Waals surface area (Å²) in [4.78, 5) is 18.4. The third-order valence-corrected chi connectivity index (χ3v) is 4.08. The molecule has 0 bridgehead atoms. The zero-order valence-electron chi connectivity index (χ0n) is 12.6. The summed E-state index contributed by atoms with van der Waals surface area (Å²) in [6, 6.07) is 5.09. The molecule has 0 radical (unpaired) electrons. The summed E-state index contributed by atoms with van der Waals surface area (Å²) in [5, 5.41) is 0.883. The van der Waals surface area contributed by atoms with Gasteiger partial charge in [-0.25, -0.2) is 4.98 Å². The van der Waals surface area contributed by atoms with Crippen molar-refractivity contribution in [2.75, 3.05) is 13.1 Å². The molecule has 2 aromatic rings. The van der Waals surface area contributed by atoms with E-state index < -0.39 is 0 Å². The molecular weight excluding hydrogens is 323 g/mol. The van der Waals surface area contributed by atoms with Gasteiger partial charge in [-0.05, 0) is 31.5 Å². The number of rotatable bonds is 6. The molecule has 0 fully saturated rings. The molecule has 0 atom stereocenters. The van der Waals surface area contributed by atoms with Crippen molar-refractivity contribution in [3.63, 3.8) is 0 Å². The highest BCUT2D eigenvalue weighted by atomic mass is 35.5. The molecule has 1 aromatic carbocycles. The van der Waals surface area contributed by atoms with E-state index in [1.54, 1.807) is 23.1 Å². The van der Waals surface area contributed by atoms with Gasteiger partial charge in [0.1, 0.15) is 6.26 Å². The summed E-state index contributed by atoms with van der Waals surface area (Å²) in [6.07, 6.45) is 3.39. The molecule has 2 rings (SSSR count). The highest BCUT2D eigenvalue weighted by Crippen LogP contribution is 2.28. The van der Waals surface area contributed by atoms with Crippen LogP contribution in [0.2, 0.25) is 10.0 Å². The minimum absolute atomic E-state index is 0.119. The Hall–Kier alpha value is -1.52. The largest absolute Gasteiger partial charge is 0.444 e. The Balaban J connectivity index is 2.19. The molecule has 1 heterocycles. The summed E-state index contributed by atoms with van der Waals surface area (Å²) in [6.45, 7) is 5.42. The first-order valence-corrected chi connectivity index (χ1v) is 8.02. The Bertz CT molecular complexity index is 655. The van der Waals surface area contributed by atoms with Crippen LogP contribution in [0.15, 0.2) is 28.9 Å². The number of hydrogen-bond donors (Lipinski definition) is 0. The summed E-state index contributed by atoms with van der Waals surface area (Å²) in [5.41, 5.74) is 0.990. The van der Waals surface area contributed by atoms with Crippen LogP contribution in [0.5, 0.6) is 0 Å². The van der Waals surface area contributed by atoms with Crippen molar-refractivity contribution in [3.05, 3.63) is 40.2 Å². The zero-order valence-corrected chi connectivity index (χ0v) is 14.1. The number of halogens is 2. The molecule has 0 N–H and O–H groups in total. The van der Waals surface area contributed by atoms with Crippen molar-refractivity contribution in [3.8, 4) is 11.5 Å². The molecule has 1 aromatic heterocycles. The summed E-state index contributed by atoms with van der Waals surface area (Å²) >= 11 is 11.9. The monoisotopic (exact) mass is 340 g/mol. The molecule has 0 saturated heterocycles. The molecule has 0 unspecified atom stereocenters. The fourth-order valence-corrected chi connectivity index (χ4v) is 2.35. The molecule has 0 spiro atoms. The minimum Gasteiger partial charge on any atom is -0.444 e. The van der Waals surface area contributed by atoms with Crippen molar-refractivity contribution in [2.24, 2.45) is 0 Å². The van der Waals surface area contributed by atoms with Crippen LogP contribution in [0.4, 0.5) is 0 Å². The van der Waals surface area contributed by atoms with E-state index in [1.165, 1.54) is 6.26 Å². The van der Waals surface area contributed by atoms with Gasteiger partial charge in [-0.2, -0.15) is 0 Å². The Morgan fingerprint density at radius 3 is 2.68 bits per heavy atom. The van der Waals surface area contributed by atoms with Gasteiger partial charge < -0.3 is 9.32 Å². The quantitative estimate of drug-likeness (QED) is 0.750. The van der Waals surface area contributed by atoms with E-state index in [4.69, 9.17) is 27.6 Å². The molecule has 118 valence electrons. The predicted molar refractivity (Wildman–Crippen MR) is 88.4 cm³/mol. The average Bonchev–Trinajstić information content (AvgIpc) is 3.00. The Morgan fingerprint density at radius 1 is 1.27 bits per heavy atom. The molecule has 1 amide bonds. The predicted octanol–water partition coefficient (Wildman–Crippen LogP) is 4.91. The number of nitrogens with zero attached hydrogens (tertiary/aromatic N) is 2. The number of hydrogen-bond acceptors (Lipinski definition) is 3. The lowest BCUT2D eigenvalue weighted by Gasteiger charge is -2.18. The SMILES string of the molecule is CCCCN(CC)C(=O)c1coc(-c2ccc(Cl)c(Cl)c2)n1. The van der Waals surface area contributed by atoms with E-state index in [-0.39, 0.29) is 5.91 Å². The van der Waals surface area contributed by atoms with E-state index in [0.717, 1.165) is 19.4 Å². The van der Waals surface area contributed by atoms with Crippen LogP contribution in [-0.2, 0) is 0 Å².